The van der Waals surface area contributed by atoms with Gasteiger partial charge in [0.15, 0.2) is 4.21 Å². The summed E-state index contributed by atoms with van der Waals surface area (Å²) in [5.74, 6) is 2.67. The second-order valence-corrected chi connectivity index (χ2v) is 11.2. The molecule has 0 radical (unpaired) electrons. The van der Waals surface area contributed by atoms with Crippen molar-refractivity contribution >= 4 is 60.9 Å². The van der Waals surface area contributed by atoms with Gasteiger partial charge in [0.1, 0.15) is 5.75 Å². The smallest absolute Gasteiger partial charge is 0.348 e. The lowest BCUT2D eigenvalue weighted by molar-refractivity contribution is 0.488. The number of hydrogen-bond acceptors (Lipinski definition) is 6. The van der Waals surface area contributed by atoms with E-state index in [1.165, 1.54) is 11.6 Å². The summed E-state index contributed by atoms with van der Waals surface area (Å²) in [5, 5.41) is 0. The van der Waals surface area contributed by atoms with Crippen molar-refractivity contribution < 1.29 is 12.6 Å². The Bertz CT molecular complexity index is 718. The van der Waals surface area contributed by atoms with Gasteiger partial charge in [0.25, 0.3) is 0 Å². The van der Waals surface area contributed by atoms with E-state index in [2.05, 4.69) is 15.9 Å². The molecule has 1 aromatic heterocycles. The summed E-state index contributed by atoms with van der Waals surface area (Å²) in [7, 11) is -3.75. The summed E-state index contributed by atoms with van der Waals surface area (Å²) >= 11 is 8.21. The van der Waals surface area contributed by atoms with Crippen molar-refractivity contribution in [3.05, 3.63) is 45.7 Å². The van der Waals surface area contributed by atoms with Gasteiger partial charge in [-0.1, -0.05) is 12.1 Å². The zero-order chi connectivity index (χ0) is 14.9. The molecule has 3 nitrogen and oxygen atoms in total. The minimum atomic E-state index is -3.75. The summed E-state index contributed by atoms with van der Waals surface area (Å²) in [4.78, 5) is 0. The summed E-state index contributed by atoms with van der Waals surface area (Å²) in [6.45, 7) is 0. The predicted octanol–water partition coefficient (Wildman–Crippen LogP) is 4.76. The molecule has 1 aliphatic rings. The maximum atomic E-state index is 12.1. The van der Waals surface area contributed by atoms with Crippen LogP contribution in [-0.4, -0.2) is 19.9 Å². The van der Waals surface area contributed by atoms with Crippen LogP contribution in [-0.2, 0) is 10.1 Å². The Labute approximate surface area is 144 Å². The van der Waals surface area contributed by atoms with Gasteiger partial charge < -0.3 is 4.18 Å². The Hall–Kier alpha value is -0.150. The first-order valence-corrected chi connectivity index (χ1v) is 11.2. The lowest BCUT2D eigenvalue weighted by Gasteiger charge is -2.09. The second-order valence-electron chi connectivity index (χ2n) is 4.24. The topological polar surface area (TPSA) is 43.4 Å². The Morgan fingerprint density at radius 1 is 1.05 bits per heavy atom. The Morgan fingerprint density at radius 2 is 1.71 bits per heavy atom. The third-order valence-electron chi connectivity index (χ3n) is 2.77. The fraction of sp³-hybridized carbons (Fsp3) is 0.231. The average Bonchev–Trinajstić information content (AvgIpc) is 3.10. The zero-order valence-electron chi connectivity index (χ0n) is 10.7. The van der Waals surface area contributed by atoms with E-state index in [0.717, 1.165) is 26.6 Å². The predicted molar refractivity (Wildman–Crippen MR) is 93.9 cm³/mol. The van der Waals surface area contributed by atoms with E-state index in [0.29, 0.717) is 10.3 Å². The molecule has 0 bridgehead atoms. The van der Waals surface area contributed by atoms with Crippen molar-refractivity contribution in [3.63, 3.8) is 0 Å². The standard InChI is InChI=1S/C13H11BrO3S4/c14-11-5-6-12(20-11)21(15,16)17-10-3-1-9(2-4-10)13-18-7-8-19-13/h1-6,13H,7-8H2. The van der Waals surface area contributed by atoms with E-state index >= 15 is 0 Å². The fourth-order valence-electron chi connectivity index (χ4n) is 1.83. The van der Waals surface area contributed by atoms with Crippen molar-refractivity contribution in [2.24, 2.45) is 0 Å². The highest BCUT2D eigenvalue weighted by atomic mass is 79.9. The minimum absolute atomic E-state index is 0.195. The largest absolute Gasteiger partial charge is 0.378 e. The van der Waals surface area contributed by atoms with Gasteiger partial charge in [-0.25, -0.2) is 0 Å². The molecular weight excluding hydrogens is 412 g/mol. The molecule has 1 aromatic carbocycles. The highest BCUT2D eigenvalue weighted by Gasteiger charge is 2.21. The number of thiophene rings is 1. The van der Waals surface area contributed by atoms with Gasteiger partial charge in [-0.2, -0.15) is 8.42 Å². The lowest BCUT2D eigenvalue weighted by Crippen LogP contribution is -2.07. The van der Waals surface area contributed by atoms with Crippen LogP contribution in [0.4, 0.5) is 0 Å². The van der Waals surface area contributed by atoms with Crippen LogP contribution in [0.15, 0.2) is 44.4 Å². The van der Waals surface area contributed by atoms with Gasteiger partial charge in [-0.05, 0) is 45.8 Å². The molecule has 1 fully saturated rings. The van der Waals surface area contributed by atoms with Crippen LogP contribution in [0.25, 0.3) is 0 Å². The van der Waals surface area contributed by atoms with Crippen molar-refractivity contribution in [3.8, 4) is 5.75 Å². The highest BCUT2D eigenvalue weighted by Crippen LogP contribution is 2.45. The Morgan fingerprint density at radius 3 is 2.29 bits per heavy atom. The van der Waals surface area contributed by atoms with Crippen LogP contribution in [0.5, 0.6) is 5.75 Å². The fourth-order valence-corrected chi connectivity index (χ4v) is 7.59. The average molecular weight is 423 g/mol. The molecule has 112 valence electrons. The van der Waals surface area contributed by atoms with Crippen molar-refractivity contribution in [2.75, 3.05) is 11.5 Å². The molecule has 2 heterocycles. The summed E-state index contributed by atoms with van der Waals surface area (Å²) in [6, 6.07) is 10.5. The van der Waals surface area contributed by atoms with Gasteiger partial charge in [0, 0.05) is 11.5 Å². The zero-order valence-corrected chi connectivity index (χ0v) is 15.5. The second kappa shape index (κ2) is 6.54. The highest BCUT2D eigenvalue weighted by molar-refractivity contribution is 9.11. The number of halogens is 1. The third-order valence-corrected chi connectivity index (χ3v) is 9.20. The van der Waals surface area contributed by atoms with Gasteiger partial charge >= 0.3 is 10.1 Å². The monoisotopic (exact) mass is 422 g/mol. The summed E-state index contributed by atoms with van der Waals surface area (Å²) in [6.07, 6.45) is 0. The van der Waals surface area contributed by atoms with E-state index in [1.807, 2.05) is 35.7 Å². The Kier molecular flexibility index (Phi) is 4.90. The van der Waals surface area contributed by atoms with E-state index < -0.39 is 10.1 Å². The molecule has 1 aliphatic heterocycles. The van der Waals surface area contributed by atoms with Crippen LogP contribution in [0.2, 0.25) is 0 Å². The van der Waals surface area contributed by atoms with Crippen LogP contribution >= 0.6 is 50.8 Å². The molecule has 3 rings (SSSR count). The quantitative estimate of drug-likeness (QED) is 0.664. The van der Waals surface area contributed by atoms with Gasteiger partial charge in [-0.15, -0.1) is 34.9 Å². The molecule has 0 amide bonds. The normalized spacial score (nSPS) is 16.2. The number of thioether (sulfide) groups is 2. The first kappa shape index (κ1) is 15.7. The molecule has 2 aromatic rings. The number of rotatable bonds is 4. The molecule has 0 aliphatic carbocycles. The van der Waals surface area contributed by atoms with Crippen molar-refractivity contribution in [2.45, 2.75) is 8.79 Å². The van der Waals surface area contributed by atoms with E-state index in [4.69, 9.17) is 4.18 Å². The molecule has 0 spiro atoms. The molecule has 0 saturated carbocycles. The van der Waals surface area contributed by atoms with Gasteiger partial charge in [-0.3, -0.25) is 0 Å². The molecule has 1 saturated heterocycles. The van der Waals surface area contributed by atoms with Crippen LogP contribution < -0.4 is 4.18 Å². The van der Waals surface area contributed by atoms with E-state index in [9.17, 15) is 8.42 Å². The first-order chi connectivity index (χ1) is 10.0. The number of benzene rings is 1. The lowest BCUT2D eigenvalue weighted by atomic mass is 10.2. The molecule has 21 heavy (non-hydrogen) atoms. The van der Waals surface area contributed by atoms with Crippen LogP contribution in [0, 0.1) is 0 Å². The van der Waals surface area contributed by atoms with E-state index in [1.54, 1.807) is 18.2 Å². The van der Waals surface area contributed by atoms with Crippen molar-refractivity contribution in [1.29, 1.82) is 0 Å². The maximum Gasteiger partial charge on any atom is 0.348 e. The maximum absolute atomic E-state index is 12.1. The van der Waals surface area contributed by atoms with Crippen molar-refractivity contribution in [1.82, 2.24) is 0 Å². The van der Waals surface area contributed by atoms with Crippen LogP contribution in [0.3, 0.4) is 0 Å². The SMILES string of the molecule is O=S(=O)(Oc1ccc(C2SCCS2)cc1)c1ccc(Br)s1. The molecule has 0 atom stereocenters. The van der Waals surface area contributed by atoms with Gasteiger partial charge in [0.2, 0.25) is 0 Å². The van der Waals surface area contributed by atoms with Crippen LogP contribution in [0.1, 0.15) is 10.1 Å². The number of hydrogen-bond donors (Lipinski definition) is 0. The molecule has 0 unspecified atom stereocenters. The van der Waals surface area contributed by atoms with E-state index in [-0.39, 0.29) is 4.21 Å². The summed E-state index contributed by atoms with van der Waals surface area (Å²) < 4.78 is 30.8. The first-order valence-electron chi connectivity index (χ1n) is 6.07. The molecule has 0 N–H and O–H groups in total. The molecule has 8 heteroatoms. The summed E-state index contributed by atoms with van der Waals surface area (Å²) in [5.41, 5.74) is 1.20. The van der Waals surface area contributed by atoms with Gasteiger partial charge in [0.05, 0.1) is 8.37 Å². The molecular formula is C13H11BrO3S4. The minimum Gasteiger partial charge on any atom is -0.378 e. The Balaban J connectivity index is 1.75. The third kappa shape index (κ3) is 3.79.